The largest absolute Gasteiger partial charge is 0.330 e. The Kier molecular flexibility index (Phi) is 4.18. The lowest BCUT2D eigenvalue weighted by atomic mass is 9.57. The van der Waals surface area contributed by atoms with Crippen LogP contribution in [0.4, 0.5) is 0 Å². The number of nitrogens with two attached hydrogens (primary N) is 1. The van der Waals surface area contributed by atoms with Crippen LogP contribution in [0, 0.1) is 41.4 Å². The topological polar surface area (TPSA) is 26.0 Å². The van der Waals surface area contributed by atoms with Gasteiger partial charge in [-0.3, -0.25) is 0 Å². The zero-order chi connectivity index (χ0) is 12.6. The first kappa shape index (κ1) is 13.4. The van der Waals surface area contributed by atoms with E-state index < -0.39 is 0 Å². The molecule has 0 aromatic heterocycles. The smallest absolute Gasteiger partial charge is 0.00745 e. The fourth-order valence-corrected chi connectivity index (χ4v) is 4.75. The Morgan fingerprint density at radius 3 is 2.12 bits per heavy atom. The van der Waals surface area contributed by atoms with Crippen LogP contribution in [0.1, 0.15) is 53.4 Å². The molecule has 6 unspecified atom stereocenters. The van der Waals surface area contributed by atoms with Gasteiger partial charge in [0.1, 0.15) is 0 Å². The summed E-state index contributed by atoms with van der Waals surface area (Å²) >= 11 is 0. The SMILES string of the molecule is CCC1CC2C(C)C(C)C(C)[C@H](CCN)CC12. The molecule has 0 amide bonds. The van der Waals surface area contributed by atoms with Crippen LogP contribution < -0.4 is 5.73 Å². The summed E-state index contributed by atoms with van der Waals surface area (Å²) in [6.07, 6.45) is 5.62. The average molecular weight is 237 g/mol. The molecule has 2 aliphatic carbocycles. The molecule has 17 heavy (non-hydrogen) atoms. The van der Waals surface area contributed by atoms with Crippen LogP contribution in [0.25, 0.3) is 0 Å². The molecule has 100 valence electrons. The second kappa shape index (κ2) is 5.30. The van der Waals surface area contributed by atoms with Crippen LogP contribution in [0.15, 0.2) is 0 Å². The molecule has 0 aromatic rings. The molecule has 2 fully saturated rings. The summed E-state index contributed by atoms with van der Waals surface area (Å²) in [5.41, 5.74) is 5.82. The average Bonchev–Trinajstić information content (AvgIpc) is 2.36. The van der Waals surface area contributed by atoms with Crippen molar-refractivity contribution in [1.82, 2.24) is 0 Å². The molecular formula is C16H31N. The van der Waals surface area contributed by atoms with Gasteiger partial charge >= 0.3 is 0 Å². The van der Waals surface area contributed by atoms with Gasteiger partial charge in [-0.2, -0.15) is 0 Å². The van der Waals surface area contributed by atoms with Crippen LogP contribution >= 0.6 is 0 Å². The molecule has 0 saturated heterocycles. The van der Waals surface area contributed by atoms with Crippen molar-refractivity contribution in [3.8, 4) is 0 Å². The lowest BCUT2D eigenvalue weighted by molar-refractivity contribution is 0.0128. The summed E-state index contributed by atoms with van der Waals surface area (Å²) in [6.45, 7) is 10.7. The normalized spacial score (nSPS) is 50.3. The Morgan fingerprint density at radius 1 is 0.882 bits per heavy atom. The molecule has 7 atom stereocenters. The third-order valence-corrected chi connectivity index (χ3v) is 6.44. The van der Waals surface area contributed by atoms with E-state index in [-0.39, 0.29) is 0 Å². The van der Waals surface area contributed by atoms with Gasteiger partial charge in [0.25, 0.3) is 0 Å². The first-order chi connectivity index (χ1) is 8.10. The van der Waals surface area contributed by atoms with E-state index in [2.05, 4.69) is 27.7 Å². The summed E-state index contributed by atoms with van der Waals surface area (Å²) in [5, 5.41) is 0. The van der Waals surface area contributed by atoms with E-state index in [9.17, 15) is 0 Å². The molecule has 0 heterocycles. The van der Waals surface area contributed by atoms with E-state index in [1.54, 1.807) is 0 Å². The highest BCUT2D eigenvalue weighted by Gasteiger charge is 2.48. The monoisotopic (exact) mass is 237 g/mol. The van der Waals surface area contributed by atoms with E-state index in [0.717, 1.165) is 48.0 Å². The van der Waals surface area contributed by atoms with Crippen LogP contribution in [0.2, 0.25) is 0 Å². The Hall–Kier alpha value is -0.0400. The zero-order valence-corrected chi connectivity index (χ0v) is 12.2. The first-order valence-electron chi connectivity index (χ1n) is 7.80. The zero-order valence-electron chi connectivity index (χ0n) is 12.2. The summed E-state index contributed by atoms with van der Waals surface area (Å²) in [6, 6.07) is 0. The summed E-state index contributed by atoms with van der Waals surface area (Å²) in [7, 11) is 0. The van der Waals surface area contributed by atoms with E-state index >= 15 is 0 Å². The van der Waals surface area contributed by atoms with Crippen molar-refractivity contribution in [2.75, 3.05) is 6.54 Å². The minimum atomic E-state index is 0.872. The third kappa shape index (κ3) is 2.28. The minimum Gasteiger partial charge on any atom is -0.330 e. The molecule has 0 spiro atoms. The molecule has 0 radical (unpaired) electrons. The van der Waals surface area contributed by atoms with E-state index in [1.165, 1.54) is 25.7 Å². The summed E-state index contributed by atoms with van der Waals surface area (Å²) < 4.78 is 0. The highest BCUT2D eigenvalue weighted by Crippen LogP contribution is 2.56. The number of rotatable bonds is 3. The molecule has 0 bridgehead atoms. The van der Waals surface area contributed by atoms with Crippen molar-refractivity contribution in [3.63, 3.8) is 0 Å². The van der Waals surface area contributed by atoms with Gasteiger partial charge in [0.15, 0.2) is 0 Å². The number of fused-ring (bicyclic) bond motifs is 1. The molecule has 2 rings (SSSR count). The lowest BCUT2D eigenvalue weighted by Crippen LogP contribution is -2.40. The Balaban J connectivity index is 2.12. The summed E-state index contributed by atoms with van der Waals surface area (Å²) in [5.74, 6) is 6.66. The van der Waals surface area contributed by atoms with E-state index in [0.29, 0.717) is 0 Å². The van der Waals surface area contributed by atoms with Crippen molar-refractivity contribution >= 4 is 0 Å². The van der Waals surface area contributed by atoms with Crippen LogP contribution in [-0.2, 0) is 0 Å². The predicted molar refractivity (Wildman–Crippen MR) is 74.6 cm³/mol. The highest BCUT2D eigenvalue weighted by atomic mass is 14.6. The van der Waals surface area contributed by atoms with Crippen molar-refractivity contribution in [3.05, 3.63) is 0 Å². The molecule has 1 heteroatoms. The van der Waals surface area contributed by atoms with Gasteiger partial charge in [0, 0.05) is 0 Å². The Bertz CT molecular complexity index is 240. The van der Waals surface area contributed by atoms with E-state index in [1.807, 2.05) is 0 Å². The molecule has 1 nitrogen and oxygen atoms in total. The second-order valence-electron chi connectivity index (χ2n) is 6.88. The van der Waals surface area contributed by atoms with E-state index in [4.69, 9.17) is 5.73 Å². The lowest BCUT2D eigenvalue weighted by Gasteiger charge is -2.48. The number of hydrogen-bond acceptors (Lipinski definition) is 1. The van der Waals surface area contributed by atoms with Gasteiger partial charge < -0.3 is 5.73 Å². The van der Waals surface area contributed by atoms with Gasteiger partial charge in [-0.25, -0.2) is 0 Å². The van der Waals surface area contributed by atoms with Gasteiger partial charge in [0.2, 0.25) is 0 Å². The fraction of sp³-hybridized carbons (Fsp3) is 1.00. The van der Waals surface area contributed by atoms with Crippen molar-refractivity contribution in [2.45, 2.75) is 53.4 Å². The van der Waals surface area contributed by atoms with Gasteiger partial charge in [-0.15, -0.1) is 0 Å². The maximum absolute atomic E-state index is 5.82. The molecule has 2 N–H and O–H groups in total. The second-order valence-corrected chi connectivity index (χ2v) is 6.88. The van der Waals surface area contributed by atoms with Gasteiger partial charge in [-0.05, 0) is 67.2 Å². The standard InChI is InChI=1S/C16H31N/c1-5-13-8-15-12(4)10(2)11(3)14(6-7-17)9-16(13)15/h10-16H,5-9,17H2,1-4H3/t10?,11?,12?,13?,14-,15?,16?/m1/s1. The predicted octanol–water partition coefficient (Wildman–Crippen LogP) is 3.93. The highest BCUT2D eigenvalue weighted by molar-refractivity contribution is 4.97. The maximum atomic E-state index is 5.82. The Morgan fingerprint density at radius 2 is 1.53 bits per heavy atom. The van der Waals surface area contributed by atoms with Crippen molar-refractivity contribution in [1.29, 1.82) is 0 Å². The van der Waals surface area contributed by atoms with Gasteiger partial charge in [0.05, 0.1) is 0 Å². The minimum absolute atomic E-state index is 0.872. The molecule has 2 aliphatic rings. The van der Waals surface area contributed by atoms with Crippen LogP contribution in [0.5, 0.6) is 0 Å². The van der Waals surface area contributed by atoms with Gasteiger partial charge in [-0.1, -0.05) is 34.1 Å². The quantitative estimate of drug-likeness (QED) is 0.791. The van der Waals surface area contributed by atoms with Crippen LogP contribution in [0.3, 0.4) is 0 Å². The Labute approximate surface area is 108 Å². The maximum Gasteiger partial charge on any atom is -0.00745 e. The third-order valence-electron chi connectivity index (χ3n) is 6.44. The van der Waals surface area contributed by atoms with Crippen LogP contribution in [-0.4, -0.2) is 6.54 Å². The number of hydrogen-bond donors (Lipinski definition) is 1. The molecular weight excluding hydrogens is 206 g/mol. The molecule has 2 saturated carbocycles. The fourth-order valence-electron chi connectivity index (χ4n) is 4.75. The first-order valence-corrected chi connectivity index (χ1v) is 7.80. The van der Waals surface area contributed by atoms with Crippen molar-refractivity contribution in [2.24, 2.45) is 47.2 Å². The summed E-state index contributed by atoms with van der Waals surface area (Å²) in [4.78, 5) is 0. The van der Waals surface area contributed by atoms with Crippen molar-refractivity contribution < 1.29 is 0 Å². The molecule has 0 aliphatic heterocycles. The molecule has 0 aromatic carbocycles.